The number of rotatable bonds is 8. The lowest BCUT2D eigenvalue weighted by Gasteiger charge is -2.14. The topological polar surface area (TPSA) is 104 Å². The molecule has 1 aromatic heterocycles. The molecule has 0 amide bonds. The van der Waals surface area contributed by atoms with Gasteiger partial charge in [0, 0.05) is 22.9 Å². The van der Waals surface area contributed by atoms with Gasteiger partial charge in [-0.3, -0.25) is 4.72 Å². The molecule has 1 atom stereocenters. The Morgan fingerprint density at radius 1 is 1.28 bits per heavy atom. The Kier molecular flexibility index (Phi) is 6.88. The van der Waals surface area contributed by atoms with E-state index in [1.54, 1.807) is 13.0 Å². The highest BCUT2D eigenvalue weighted by Gasteiger charge is 2.11. The molecule has 2 aromatic rings. The Morgan fingerprint density at radius 2 is 2.00 bits per heavy atom. The third-order valence-corrected chi connectivity index (χ3v) is 4.65. The van der Waals surface area contributed by atoms with Gasteiger partial charge in [0.15, 0.2) is 5.16 Å². The first-order chi connectivity index (χ1) is 11.7. The number of nitrogens with zero attached hydrogens (tertiary/aromatic N) is 2. The van der Waals surface area contributed by atoms with Crippen molar-refractivity contribution in [3.63, 3.8) is 0 Å². The number of aliphatic hydroxyl groups is 1. The molecule has 0 aliphatic rings. The molecule has 10 heteroatoms. The van der Waals surface area contributed by atoms with Crippen LogP contribution in [0.5, 0.6) is 0 Å². The average molecular weight is 403 g/mol. The van der Waals surface area contributed by atoms with Crippen molar-refractivity contribution in [2.75, 3.05) is 22.9 Å². The second-order valence-corrected chi connectivity index (χ2v) is 8.57. The minimum absolute atomic E-state index is 0.0795. The van der Waals surface area contributed by atoms with Gasteiger partial charge in [-0.25, -0.2) is 18.4 Å². The monoisotopic (exact) mass is 402 g/mol. The number of benzene rings is 1. The third kappa shape index (κ3) is 7.07. The fraction of sp³-hybridized carbons (Fsp3) is 0.333. The van der Waals surface area contributed by atoms with Gasteiger partial charge in [0.1, 0.15) is 11.6 Å². The fourth-order valence-corrected chi connectivity index (χ4v) is 3.38. The maximum Gasteiger partial charge on any atom is 0.230 e. The number of thioether (sulfide) groups is 1. The number of anilines is 2. The number of aromatic nitrogens is 2. The molecule has 0 saturated carbocycles. The van der Waals surface area contributed by atoms with E-state index in [2.05, 4.69) is 20.0 Å². The second-order valence-electron chi connectivity index (χ2n) is 5.44. The van der Waals surface area contributed by atoms with Gasteiger partial charge in [0.05, 0.1) is 12.9 Å². The maximum atomic E-state index is 11.5. The van der Waals surface area contributed by atoms with Crippen LogP contribution in [0, 0.1) is 0 Å². The van der Waals surface area contributed by atoms with Crippen LogP contribution in [0.4, 0.5) is 11.6 Å². The lowest BCUT2D eigenvalue weighted by Crippen LogP contribution is -2.21. The summed E-state index contributed by atoms with van der Waals surface area (Å²) in [6.07, 6.45) is 1.05. The van der Waals surface area contributed by atoms with E-state index in [9.17, 15) is 8.42 Å². The first-order valence-electron chi connectivity index (χ1n) is 7.36. The minimum atomic E-state index is -3.46. The standard InChI is InChI=1S/C15H19ClN4O3S2/c1-10(8-21)17-13-7-14(20-25(2,22)23)19-15(18-13)24-9-11-4-3-5-12(16)6-11/h3-7,10,21H,8-9H2,1-2H3,(H2,17,18,19,20)/t10-/m1/s1. The molecule has 3 N–H and O–H groups in total. The SMILES string of the molecule is C[C@H](CO)Nc1cc(NS(C)(=O)=O)nc(SCc2cccc(Cl)c2)n1. The average Bonchev–Trinajstić information content (AvgIpc) is 2.51. The molecule has 0 spiro atoms. The van der Waals surface area contributed by atoms with Crippen LogP contribution in [0.1, 0.15) is 12.5 Å². The second kappa shape index (κ2) is 8.70. The number of aliphatic hydroxyl groups excluding tert-OH is 1. The number of nitrogens with one attached hydrogen (secondary N) is 2. The van der Waals surface area contributed by atoms with Gasteiger partial charge in [-0.2, -0.15) is 0 Å². The van der Waals surface area contributed by atoms with Gasteiger partial charge in [0.2, 0.25) is 10.0 Å². The molecule has 0 aliphatic carbocycles. The molecule has 0 saturated heterocycles. The van der Waals surface area contributed by atoms with Crippen LogP contribution in [-0.4, -0.2) is 42.4 Å². The van der Waals surface area contributed by atoms with E-state index < -0.39 is 10.0 Å². The molecular weight excluding hydrogens is 384 g/mol. The Balaban J connectivity index is 2.22. The molecular formula is C15H19ClN4O3S2. The zero-order chi connectivity index (χ0) is 18.4. The Bertz CT molecular complexity index is 833. The first kappa shape index (κ1) is 19.8. The first-order valence-corrected chi connectivity index (χ1v) is 10.6. The molecule has 0 aliphatic heterocycles. The van der Waals surface area contributed by atoms with Crippen LogP contribution in [-0.2, 0) is 15.8 Å². The number of sulfonamides is 1. The van der Waals surface area contributed by atoms with Crippen molar-refractivity contribution in [3.8, 4) is 0 Å². The molecule has 0 radical (unpaired) electrons. The van der Waals surface area contributed by atoms with E-state index in [-0.39, 0.29) is 18.5 Å². The van der Waals surface area contributed by atoms with Gasteiger partial charge >= 0.3 is 0 Å². The van der Waals surface area contributed by atoms with E-state index in [1.165, 1.54) is 17.8 Å². The summed E-state index contributed by atoms with van der Waals surface area (Å²) < 4.78 is 25.3. The Hall–Kier alpha value is -1.55. The van der Waals surface area contributed by atoms with Crippen molar-refractivity contribution in [1.29, 1.82) is 0 Å². The summed E-state index contributed by atoms with van der Waals surface area (Å²) in [5, 5.41) is 13.2. The summed E-state index contributed by atoms with van der Waals surface area (Å²) in [5.74, 6) is 1.17. The van der Waals surface area contributed by atoms with Crippen molar-refractivity contribution < 1.29 is 13.5 Å². The number of hydrogen-bond acceptors (Lipinski definition) is 7. The van der Waals surface area contributed by atoms with E-state index in [4.69, 9.17) is 16.7 Å². The Labute approximate surface area is 156 Å². The number of halogens is 1. The predicted molar refractivity (Wildman–Crippen MR) is 102 cm³/mol. The molecule has 2 rings (SSSR count). The summed E-state index contributed by atoms with van der Waals surface area (Å²) >= 11 is 7.33. The van der Waals surface area contributed by atoms with E-state index in [0.29, 0.717) is 21.7 Å². The van der Waals surface area contributed by atoms with Gasteiger partial charge < -0.3 is 10.4 Å². The summed E-state index contributed by atoms with van der Waals surface area (Å²) in [6, 6.07) is 8.69. The van der Waals surface area contributed by atoms with Crippen LogP contribution in [0.15, 0.2) is 35.5 Å². The van der Waals surface area contributed by atoms with Gasteiger partial charge in [0.25, 0.3) is 0 Å². The largest absolute Gasteiger partial charge is 0.394 e. The third-order valence-electron chi connectivity index (χ3n) is 2.92. The van der Waals surface area contributed by atoms with E-state index in [1.807, 2.05) is 18.2 Å². The van der Waals surface area contributed by atoms with Crippen LogP contribution < -0.4 is 10.0 Å². The Morgan fingerprint density at radius 3 is 2.64 bits per heavy atom. The molecule has 0 bridgehead atoms. The van der Waals surface area contributed by atoms with E-state index >= 15 is 0 Å². The lowest BCUT2D eigenvalue weighted by atomic mass is 10.2. The molecule has 1 aromatic carbocycles. The van der Waals surface area contributed by atoms with E-state index in [0.717, 1.165) is 11.8 Å². The quantitative estimate of drug-likeness (QED) is 0.460. The van der Waals surface area contributed by atoms with Crippen molar-refractivity contribution >= 4 is 45.0 Å². The highest BCUT2D eigenvalue weighted by atomic mass is 35.5. The van der Waals surface area contributed by atoms with Crippen LogP contribution in [0.2, 0.25) is 5.02 Å². The van der Waals surface area contributed by atoms with Crippen molar-refractivity contribution in [3.05, 3.63) is 40.9 Å². The molecule has 0 fully saturated rings. The van der Waals surface area contributed by atoms with Crippen LogP contribution in [0.3, 0.4) is 0 Å². The molecule has 7 nitrogen and oxygen atoms in total. The molecule has 25 heavy (non-hydrogen) atoms. The summed E-state index contributed by atoms with van der Waals surface area (Å²) in [7, 11) is -3.46. The van der Waals surface area contributed by atoms with Crippen LogP contribution >= 0.6 is 23.4 Å². The highest BCUT2D eigenvalue weighted by Crippen LogP contribution is 2.24. The summed E-state index contributed by atoms with van der Waals surface area (Å²) in [6.45, 7) is 1.70. The fourth-order valence-electron chi connectivity index (χ4n) is 1.88. The van der Waals surface area contributed by atoms with Gasteiger partial charge in [-0.1, -0.05) is 35.5 Å². The van der Waals surface area contributed by atoms with Gasteiger partial charge in [-0.05, 0) is 24.6 Å². The predicted octanol–water partition coefficient (Wildman–Crippen LogP) is 2.59. The highest BCUT2D eigenvalue weighted by molar-refractivity contribution is 7.98. The van der Waals surface area contributed by atoms with Crippen molar-refractivity contribution in [1.82, 2.24) is 9.97 Å². The van der Waals surface area contributed by atoms with Crippen molar-refractivity contribution in [2.45, 2.75) is 23.9 Å². The molecule has 0 unspecified atom stereocenters. The van der Waals surface area contributed by atoms with Crippen molar-refractivity contribution in [2.24, 2.45) is 0 Å². The lowest BCUT2D eigenvalue weighted by molar-refractivity contribution is 0.281. The zero-order valence-electron chi connectivity index (χ0n) is 13.7. The smallest absolute Gasteiger partial charge is 0.230 e. The minimum Gasteiger partial charge on any atom is -0.394 e. The molecule has 1 heterocycles. The van der Waals surface area contributed by atoms with Crippen LogP contribution in [0.25, 0.3) is 0 Å². The maximum absolute atomic E-state index is 11.5. The normalized spacial score (nSPS) is 12.6. The summed E-state index contributed by atoms with van der Waals surface area (Å²) in [4.78, 5) is 8.57. The summed E-state index contributed by atoms with van der Waals surface area (Å²) in [5.41, 5.74) is 1.00. The molecule has 136 valence electrons. The zero-order valence-corrected chi connectivity index (χ0v) is 16.1. The van der Waals surface area contributed by atoms with Gasteiger partial charge in [-0.15, -0.1) is 0 Å². The number of hydrogen-bond donors (Lipinski definition) is 3.